The van der Waals surface area contributed by atoms with E-state index in [1.807, 2.05) is 37.3 Å². The summed E-state index contributed by atoms with van der Waals surface area (Å²) in [6, 6.07) is 15.8. The number of nitrogens with zero attached hydrogens (tertiary/aromatic N) is 1. The third kappa shape index (κ3) is 4.33. The molecule has 2 aromatic carbocycles. The van der Waals surface area contributed by atoms with E-state index in [0.29, 0.717) is 17.2 Å². The number of sulfone groups is 1. The van der Waals surface area contributed by atoms with Crippen molar-refractivity contribution in [2.45, 2.75) is 48.5 Å². The van der Waals surface area contributed by atoms with Gasteiger partial charge >= 0.3 is 0 Å². The van der Waals surface area contributed by atoms with Crippen LogP contribution in [0.15, 0.2) is 64.5 Å². The quantitative estimate of drug-likeness (QED) is 0.701. The summed E-state index contributed by atoms with van der Waals surface area (Å²) in [6.07, 6.45) is 2.53. The molecule has 1 aliphatic heterocycles. The minimum Gasteiger partial charge on any atom is -0.296 e. The Kier molecular flexibility index (Phi) is 6.17. The van der Waals surface area contributed by atoms with Crippen LogP contribution < -0.4 is 0 Å². The van der Waals surface area contributed by atoms with E-state index in [4.69, 9.17) is 0 Å². The molecule has 0 N–H and O–H groups in total. The van der Waals surface area contributed by atoms with Gasteiger partial charge in [-0.25, -0.2) is 13.4 Å². The number of hydrogen-bond acceptors (Lipinski definition) is 5. The lowest BCUT2D eigenvalue weighted by atomic mass is 10.1. The molecule has 3 rings (SSSR count). The van der Waals surface area contributed by atoms with E-state index >= 15 is 0 Å². The van der Waals surface area contributed by atoms with Crippen molar-refractivity contribution in [1.82, 2.24) is 0 Å². The van der Waals surface area contributed by atoms with Crippen molar-refractivity contribution in [3.63, 3.8) is 0 Å². The second kappa shape index (κ2) is 8.40. The Labute approximate surface area is 165 Å². The maximum Gasteiger partial charge on any atom is 0.194 e. The van der Waals surface area contributed by atoms with Gasteiger partial charge in [0.05, 0.1) is 15.8 Å². The maximum absolute atomic E-state index is 13.3. The average Bonchev–Trinajstić information content (AvgIpc) is 2.97. The number of rotatable bonds is 6. The Morgan fingerprint density at radius 2 is 1.70 bits per heavy atom. The van der Waals surface area contributed by atoms with Crippen LogP contribution in [0.2, 0.25) is 0 Å². The van der Waals surface area contributed by atoms with E-state index in [2.05, 4.69) is 11.9 Å². The van der Waals surface area contributed by atoms with Gasteiger partial charge in [-0.15, -0.1) is 0 Å². The standard InChI is InChI=1S/C21H23NO3S2/c1-3-4-10-18-19(23)20(21(26-18)22-16-8-6-5-7-9-16)27(24,25)17-13-11-15(2)12-14-17/h5-9,11-14,18,20H,3-4,10H2,1-2H3/t18-,20+/m0/s1. The number of aryl methyl sites for hydroxylation is 1. The number of carbonyl (C=O) groups is 1. The van der Waals surface area contributed by atoms with Gasteiger partial charge in [0.25, 0.3) is 0 Å². The monoisotopic (exact) mass is 401 g/mol. The van der Waals surface area contributed by atoms with Crippen LogP contribution in [0.25, 0.3) is 0 Å². The smallest absolute Gasteiger partial charge is 0.194 e. The molecule has 1 fully saturated rings. The molecule has 142 valence electrons. The minimum absolute atomic E-state index is 0.170. The molecular weight excluding hydrogens is 378 g/mol. The second-order valence-electron chi connectivity index (χ2n) is 6.67. The molecule has 1 aliphatic rings. The van der Waals surface area contributed by atoms with E-state index in [1.54, 1.807) is 24.3 Å². The molecule has 0 unspecified atom stereocenters. The zero-order chi connectivity index (χ0) is 19.4. The lowest BCUT2D eigenvalue weighted by Crippen LogP contribution is -2.34. The van der Waals surface area contributed by atoms with E-state index in [1.165, 1.54) is 11.8 Å². The van der Waals surface area contributed by atoms with Crippen LogP contribution in [-0.4, -0.2) is 29.7 Å². The van der Waals surface area contributed by atoms with Gasteiger partial charge in [0.1, 0.15) is 5.04 Å². The number of Topliss-reactive ketones (excluding diaryl/α,β-unsaturated/α-hetero) is 1. The summed E-state index contributed by atoms with van der Waals surface area (Å²) in [5, 5.41) is -1.18. The zero-order valence-corrected chi connectivity index (χ0v) is 17.1. The first-order chi connectivity index (χ1) is 12.9. The maximum atomic E-state index is 13.3. The molecule has 0 saturated carbocycles. The van der Waals surface area contributed by atoms with Gasteiger partial charge in [-0.2, -0.15) is 0 Å². The third-order valence-electron chi connectivity index (χ3n) is 4.54. The van der Waals surface area contributed by atoms with E-state index in [9.17, 15) is 13.2 Å². The Hall–Kier alpha value is -1.92. The van der Waals surface area contributed by atoms with E-state index < -0.39 is 15.1 Å². The first-order valence-corrected chi connectivity index (χ1v) is 11.5. The summed E-state index contributed by atoms with van der Waals surface area (Å²) >= 11 is 1.31. The first kappa shape index (κ1) is 19.8. The summed E-state index contributed by atoms with van der Waals surface area (Å²) in [5.41, 5.74) is 1.63. The van der Waals surface area contributed by atoms with Crippen LogP contribution in [0.1, 0.15) is 31.7 Å². The van der Waals surface area contributed by atoms with Crippen molar-refractivity contribution in [3.8, 4) is 0 Å². The zero-order valence-electron chi connectivity index (χ0n) is 15.5. The van der Waals surface area contributed by atoms with Crippen LogP contribution in [0, 0.1) is 6.92 Å². The molecule has 27 heavy (non-hydrogen) atoms. The van der Waals surface area contributed by atoms with Gasteiger partial charge in [-0.05, 0) is 37.6 Å². The normalized spacial score (nSPS) is 21.7. The Bertz CT molecular complexity index is 935. The molecule has 0 aliphatic carbocycles. The van der Waals surface area contributed by atoms with Crippen LogP contribution in [-0.2, 0) is 14.6 Å². The second-order valence-corrected chi connectivity index (χ2v) is 9.93. The van der Waals surface area contributed by atoms with Crippen LogP contribution in [0.3, 0.4) is 0 Å². The molecule has 0 spiro atoms. The lowest BCUT2D eigenvalue weighted by molar-refractivity contribution is -0.116. The largest absolute Gasteiger partial charge is 0.296 e. The average molecular weight is 402 g/mol. The number of hydrogen-bond donors (Lipinski definition) is 0. The topological polar surface area (TPSA) is 63.6 Å². The highest BCUT2D eigenvalue weighted by Crippen LogP contribution is 2.37. The fourth-order valence-corrected chi connectivity index (χ4v) is 6.45. The SMILES string of the molecule is CCCC[C@@H]1SC(=Nc2ccccc2)[C@H](S(=O)(=O)c2ccc(C)cc2)C1=O. The highest BCUT2D eigenvalue weighted by molar-refractivity contribution is 8.18. The highest BCUT2D eigenvalue weighted by Gasteiger charge is 2.48. The number of unbranched alkanes of at least 4 members (excludes halogenated alkanes) is 1. The molecular formula is C21H23NO3S2. The minimum atomic E-state index is -3.83. The molecule has 0 aromatic heterocycles. The Morgan fingerprint density at radius 3 is 2.33 bits per heavy atom. The molecule has 2 aromatic rings. The third-order valence-corrected chi connectivity index (χ3v) is 8.01. The van der Waals surface area contributed by atoms with Crippen molar-refractivity contribution in [2.24, 2.45) is 4.99 Å². The summed E-state index contributed by atoms with van der Waals surface area (Å²) in [7, 11) is -3.83. The first-order valence-electron chi connectivity index (χ1n) is 9.08. The van der Waals surface area contributed by atoms with Crippen LogP contribution in [0.5, 0.6) is 0 Å². The summed E-state index contributed by atoms with van der Waals surface area (Å²) in [6.45, 7) is 3.96. The number of benzene rings is 2. The van der Waals surface area contributed by atoms with Gasteiger partial charge in [-0.3, -0.25) is 4.79 Å². The van der Waals surface area contributed by atoms with Crippen molar-refractivity contribution >= 4 is 38.1 Å². The molecule has 2 atom stereocenters. The number of carbonyl (C=O) groups excluding carboxylic acids is 1. The summed E-state index contributed by atoms with van der Waals surface area (Å²) in [4.78, 5) is 17.7. The van der Waals surface area contributed by atoms with Gasteiger partial charge in [0, 0.05) is 0 Å². The number of ketones is 1. The molecule has 1 saturated heterocycles. The number of para-hydroxylation sites is 1. The van der Waals surface area contributed by atoms with Gasteiger partial charge < -0.3 is 0 Å². The number of aliphatic imine (C=N–C) groups is 1. The van der Waals surface area contributed by atoms with Crippen LogP contribution in [0.4, 0.5) is 5.69 Å². The van der Waals surface area contributed by atoms with Crippen molar-refractivity contribution in [1.29, 1.82) is 0 Å². The fraction of sp³-hybridized carbons (Fsp3) is 0.333. The molecule has 4 nitrogen and oxygen atoms in total. The van der Waals surface area contributed by atoms with E-state index in [-0.39, 0.29) is 15.9 Å². The van der Waals surface area contributed by atoms with Gasteiger partial charge in [0.2, 0.25) is 0 Å². The highest BCUT2D eigenvalue weighted by atomic mass is 32.2. The Balaban J connectivity index is 2.03. The van der Waals surface area contributed by atoms with Crippen LogP contribution >= 0.6 is 11.8 Å². The number of thioether (sulfide) groups is 1. The molecule has 6 heteroatoms. The lowest BCUT2D eigenvalue weighted by Gasteiger charge is -2.12. The summed E-state index contributed by atoms with van der Waals surface area (Å²) < 4.78 is 26.5. The molecule has 0 bridgehead atoms. The molecule has 0 radical (unpaired) electrons. The van der Waals surface area contributed by atoms with Crippen molar-refractivity contribution in [2.75, 3.05) is 0 Å². The van der Waals surface area contributed by atoms with Gasteiger partial charge in [0.15, 0.2) is 20.9 Å². The summed E-state index contributed by atoms with van der Waals surface area (Å²) in [5.74, 6) is -0.247. The van der Waals surface area contributed by atoms with Crippen molar-refractivity contribution in [3.05, 3.63) is 60.2 Å². The fourth-order valence-electron chi connectivity index (χ4n) is 3.01. The Morgan fingerprint density at radius 1 is 1.04 bits per heavy atom. The molecule has 1 heterocycles. The van der Waals surface area contributed by atoms with E-state index in [0.717, 1.165) is 18.4 Å². The predicted molar refractivity (Wildman–Crippen MR) is 112 cm³/mol. The molecule has 0 amide bonds. The van der Waals surface area contributed by atoms with Gasteiger partial charge in [-0.1, -0.05) is 67.4 Å². The van der Waals surface area contributed by atoms with Crippen molar-refractivity contribution < 1.29 is 13.2 Å². The predicted octanol–water partition coefficient (Wildman–Crippen LogP) is 4.74.